The molecule has 0 unspecified atom stereocenters. The lowest BCUT2D eigenvalue weighted by atomic mass is 10.1. The number of aromatic nitrogens is 1. The van der Waals surface area contributed by atoms with E-state index >= 15 is 0 Å². The predicted molar refractivity (Wildman–Crippen MR) is 89.0 cm³/mol. The fourth-order valence-electron chi connectivity index (χ4n) is 2.18. The van der Waals surface area contributed by atoms with Gasteiger partial charge < -0.3 is 14.0 Å². The molecule has 6 nitrogen and oxygen atoms in total. The summed E-state index contributed by atoms with van der Waals surface area (Å²) in [6, 6.07) is 11.6. The molecule has 0 aliphatic heterocycles. The maximum atomic E-state index is 13.3. The molecule has 1 aromatic heterocycles. The largest absolute Gasteiger partial charge is 0.493 e. The Bertz CT molecular complexity index is 927. The second-order valence-electron chi connectivity index (χ2n) is 5.19. The normalized spacial score (nSPS) is 10.4. The minimum absolute atomic E-state index is 0.0540. The van der Waals surface area contributed by atoms with Gasteiger partial charge in [-0.3, -0.25) is 10.1 Å². The first kappa shape index (κ1) is 17.4. The summed E-state index contributed by atoms with van der Waals surface area (Å²) < 4.78 is 41.7. The van der Waals surface area contributed by atoms with E-state index in [1.807, 2.05) is 0 Å². The molecule has 2 aromatic carbocycles. The maximum absolute atomic E-state index is 13.3. The molecule has 8 heteroatoms. The van der Waals surface area contributed by atoms with Crippen LogP contribution in [0, 0.1) is 11.6 Å². The number of nitrogens with one attached hydrogen (secondary N) is 1. The molecule has 0 aliphatic carbocycles. The van der Waals surface area contributed by atoms with Crippen molar-refractivity contribution in [3.63, 3.8) is 0 Å². The lowest BCUT2D eigenvalue weighted by Crippen LogP contribution is -2.20. The summed E-state index contributed by atoms with van der Waals surface area (Å²) in [4.78, 5) is 12.0. The number of halogens is 2. The number of para-hydroxylation sites is 2. The highest BCUT2D eigenvalue weighted by molar-refractivity contribution is 5.91. The topological polar surface area (TPSA) is 73.6 Å². The summed E-state index contributed by atoms with van der Waals surface area (Å²) in [5.41, 5.74) is 0.572. The molecule has 3 rings (SSSR count). The van der Waals surface area contributed by atoms with Crippen molar-refractivity contribution < 1.29 is 27.6 Å². The molecule has 26 heavy (non-hydrogen) atoms. The van der Waals surface area contributed by atoms with Gasteiger partial charge in [0.2, 0.25) is 5.88 Å². The van der Waals surface area contributed by atoms with Gasteiger partial charge in [0.15, 0.2) is 29.7 Å². The smallest absolute Gasteiger partial charge is 0.264 e. The Morgan fingerprint density at radius 1 is 1.12 bits per heavy atom. The average molecular weight is 360 g/mol. The van der Waals surface area contributed by atoms with Crippen LogP contribution in [0.2, 0.25) is 0 Å². The molecule has 1 heterocycles. The highest BCUT2D eigenvalue weighted by atomic mass is 19.2. The van der Waals surface area contributed by atoms with Gasteiger partial charge in [-0.2, -0.15) is 0 Å². The van der Waals surface area contributed by atoms with E-state index in [1.54, 1.807) is 24.3 Å². The predicted octanol–water partition coefficient (Wildman–Crippen LogP) is 3.65. The molecular formula is C18H14F2N2O4. The van der Waals surface area contributed by atoms with Gasteiger partial charge in [-0.15, -0.1) is 0 Å². The molecule has 0 aliphatic rings. The summed E-state index contributed by atoms with van der Waals surface area (Å²) in [5, 5.41) is 6.18. The molecule has 0 saturated heterocycles. The number of amides is 1. The molecule has 134 valence electrons. The minimum Gasteiger partial charge on any atom is -0.493 e. The number of ether oxygens (including phenoxy) is 2. The van der Waals surface area contributed by atoms with E-state index < -0.39 is 17.5 Å². The molecular weight excluding hydrogens is 346 g/mol. The highest BCUT2D eigenvalue weighted by Crippen LogP contribution is 2.26. The SMILES string of the molecule is COc1ccccc1OCC(=O)Nc1cc(-c2ccc(F)c(F)c2)no1. The molecule has 0 atom stereocenters. The van der Waals surface area contributed by atoms with Gasteiger partial charge in [-0.1, -0.05) is 17.3 Å². The third-order valence-electron chi connectivity index (χ3n) is 3.42. The number of hydrogen-bond donors (Lipinski definition) is 1. The van der Waals surface area contributed by atoms with E-state index in [2.05, 4.69) is 10.5 Å². The number of benzene rings is 2. The first-order valence-corrected chi connectivity index (χ1v) is 7.54. The van der Waals surface area contributed by atoms with Gasteiger partial charge in [0, 0.05) is 11.6 Å². The van der Waals surface area contributed by atoms with Crippen molar-refractivity contribution in [3.05, 3.63) is 60.2 Å². The van der Waals surface area contributed by atoms with Crippen LogP contribution in [0.15, 0.2) is 53.1 Å². The van der Waals surface area contributed by atoms with Crippen LogP contribution in [0.4, 0.5) is 14.7 Å². The van der Waals surface area contributed by atoms with E-state index in [9.17, 15) is 13.6 Å². The van der Waals surface area contributed by atoms with Crippen LogP contribution in [-0.2, 0) is 4.79 Å². The summed E-state index contributed by atoms with van der Waals surface area (Å²) in [7, 11) is 1.50. The van der Waals surface area contributed by atoms with Crippen LogP contribution in [0.25, 0.3) is 11.3 Å². The molecule has 1 N–H and O–H groups in total. The molecule has 0 spiro atoms. The van der Waals surface area contributed by atoms with E-state index in [0.29, 0.717) is 17.1 Å². The third kappa shape index (κ3) is 3.97. The Hall–Kier alpha value is -3.42. The molecule has 1 amide bonds. The van der Waals surface area contributed by atoms with Crippen molar-refractivity contribution in [3.8, 4) is 22.8 Å². The Balaban J connectivity index is 1.61. The number of nitrogens with zero attached hydrogens (tertiary/aromatic N) is 1. The van der Waals surface area contributed by atoms with Gasteiger partial charge in [0.05, 0.1) is 7.11 Å². The first-order valence-electron chi connectivity index (χ1n) is 7.54. The molecule has 0 radical (unpaired) electrons. The van der Waals surface area contributed by atoms with Crippen LogP contribution in [0.1, 0.15) is 0 Å². The Morgan fingerprint density at radius 3 is 2.62 bits per heavy atom. The van der Waals surface area contributed by atoms with Crippen molar-refractivity contribution in [2.75, 3.05) is 19.0 Å². The van der Waals surface area contributed by atoms with E-state index in [-0.39, 0.29) is 18.2 Å². The third-order valence-corrected chi connectivity index (χ3v) is 3.42. The summed E-state index contributed by atoms with van der Waals surface area (Å²) in [6.07, 6.45) is 0. The van der Waals surface area contributed by atoms with Crippen LogP contribution < -0.4 is 14.8 Å². The molecule has 0 saturated carbocycles. The van der Waals surface area contributed by atoms with Crippen LogP contribution >= 0.6 is 0 Å². The van der Waals surface area contributed by atoms with Crippen molar-refractivity contribution in [2.24, 2.45) is 0 Å². The molecule has 0 fully saturated rings. The van der Waals surface area contributed by atoms with Crippen molar-refractivity contribution >= 4 is 11.8 Å². The Kier molecular flexibility index (Phi) is 5.12. The lowest BCUT2D eigenvalue weighted by molar-refractivity contribution is -0.118. The summed E-state index contributed by atoms with van der Waals surface area (Å²) in [5.74, 6) is -1.46. The minimum atomic E-state index is -0.999. The lowest BCUT2D eigenvalue weighted by Gasteiger charge is -2.09. The van der Waals surface area contributed by atoms with Gasteiger partial charge in [0.25, 0.3) is 5.91 Å². The molecule has 3 aromatic rings. The fraction of sp³-hybridized carbons (Fsp3) is 0.111. The number of carbonyl (C=O) groups excluding carboxylic acids is 1. The second kappa shape index (κ2) is 7.64. The zero-order chi connectivity index (χ0) is 18.5. The quantitative estimate of drug-likeness (QED) is 0.726. The van der Waals surface area contributed by atoms with E-state index in [4.69, 9.17) is 14.0 Å². The Morgan fingerprint density at radius 2 is 1.88 bits per heavy atom. The number of carbonyl (C=O) groups is 1. The fourth-order valence-corrected chi connectivity index (χ4v) is 2.18. The van der Waals surface area contributed by atoms with Gasteiger partial charge in [-0.25, -0.2) is 8.78 Å². The van der Waals surface area contributed by atoms with E-state index in [0.717, 1.165) is 12.1 Å². The highest BCUT2D eigenvalue weighted by Gasteiger charge is 2.13. The van der Waals surface area contributed by atoms with Gasteiger partial charge in [-0.05, 0) is 30.3 Å². The van der Waals surface area contributed by atoms with Crippen LogP contribution in [0.5, 0.6) is 11.5 Å². The summed E-state index contributed by atoms with van der Waals surface area (Å²) >= 11 is 0. The van der Waals surface area contributed by atoms with Crippen molar-refractivity contribution in [2.45, 2.75) is 0 Å². The van der Waals surface area contributed by atoms with Crippen LogP contribution in [0.3, 0.4) is 0 Å². The zero-order valence-corrected chi connectivity index (χ0v) is 13.7. The van der Waals surface area contributed by atoms with Crippen molar-refractivity contribution in [1.82, 2.24) is 5.16 Å². The summed E-state index contributed by atoms with van der Waals surface area (Å²) in [6.45, 7) is -0.276. The van der Waals surface area contributed by atoms with Crippen LogP contribution in [-0.4, -0.2) is 24.8 Å². The Labute approximate surface area is 147 Å². The number of anilines is 1. The number of rotatable bonds is 6. The average Bonchev–Trinajstić information content (AvgIpc) is 3.11. The standard InChI is InChI=1S/C18H14F2N2O4/c1-24-15-4-2-3-5-16(15)25-10-17(23)21-18-9-14(22-26-18)11-6-7-12(19)13(20)8-11/h2-9H,10H2,1H3,(H,21,23). The van der Waals surface area contributed by atoms with E-state index in [1.165, 1.54) is 19.2 Å². The zero-order valence-electron chi connectivity index (χ0n) is 13.7. The first-order chi connectivity index (χ1) is 12.6. The van der Waals surface area contributed by atoms with Crippen molar-refractivity contribution in [1.29, 1.82) is 0 Å². The molecule has 0 bridgehead atoms. The van der Waals surface area contributed by atoms with Gasteiger partial charge in [0.1, 0.15) is 5.69 Å². The number of hydrogen-bond acceptors (Lipinski definition) is 5. The van der Waals surface area contributed by atoms with Gasteiger partial charge >= 0.3 is 0 Å². The monoisotopic (exact) mass is 360 g/mol. The maximum Gasteiger partial charge on any atom is 0.264 e. The number of methoxy groups -OCH3 is 1. The second-order valence-corrected chi connectivity index (χ2v) is 5.19.